The Bertz CT molecular complexity index is 58.6. The molecule has 0 bridgehead atoms. The Morgan fingerprint density at radius 3 is 2.14 bits per heavy atom. The van der Waals surface area contributed by atoms with Crippen LogP contribution in [-0.2, 0) is 0 Å². The van der Waals surface area contributed by atoms with Crippen LogP contribution in [0, 0.1) is 5.41 Å². The van der Waals surface area contributed by atoms with Crippen LogP contribution in [0.4, 0.5) is 4.39 Å². The molecule has 1 fully saturated rings. The summed E-state index contributed by atoms with van der Waals surface area (Å²) in [7, 11) is 0. The van der Waals surface area contributed by atoms with Crippen LogP contribution in [0.2, 0.25) is 0 Å². The zero-order valence-corrected chi connectivity index (χ0v) is 4.71. The summed E-state index contributed by atoms with van der Waals surface area (Å²) in [5.74, 6) is 0. The molecule has 1 rings (SSSR count). The second kappa shape index (κ2) is 1.46. The minimum absolute atomic E-state index is 0.0938. The maximum absolute atomic E-state index is 11.8. The number of hydrogen-bond donors (Lipinski definition) is 0. The average molecular weight is 102 g/mol. The van der Waals surface area contributed by atoms with Crippen LogP contribution in [0.5, 0.6) is 0 Å². The van der Waals surface area contributed by atoms with Crippen LogP contribution < -0.4 is 0 Å². The first-order valence-electron chi connectivity index (χ1n) is 2.89. The molecule has 0 aromatic carbocycles. The molecule has 1 saturated carbocycles. The highest BCUT2D eigenvalue weighted by Gasteiger charge is 2.40. The van der Waals surface area contributed by atoms with Gasteiger partial charge in [0.05, 0.1) is 6.67 Å². The molecule has 0 nitrogen and oxygen atoms in total. The molecule has 42 valence electrons. The van der Waals surface area contributed by atoms with Crippen LogP contribution >= 0.6 is 0 Å². The predicted molar refractivity (Wildman–Crippen MR) is 27.9 cm³/mol. The summed E-state index contributed by atoms with van der Waals surface area (Å²) in [6.07, 6.45) is 3.28. The molecular weight excluding hydrogens is 91.1 g/mol. The van der Waals surface area contributed by atoms with Crippen molar-refractivity contribution in [3.8, 4) is 0 Å². The molecule has 0 spiro atoms. The Hall–Kier alpha value is -0.0700. The van der Waals surface area contributed by atoms with E-state index in [1.165, 1.54) is 0 Å². The Kier molecular flexibility index (Phi) is 1.06. The van der Waals surface area contributed by atoms with Crippen molar-refractivity contribution in [3.63, 3.8) is 0 Å². The van der Waals surface area contributed by atoms with Gasteiger partial charge in [0.25, 0.3) is 0 Å². The lowest BCUT2D eigenvalue weighted by Gasteiger charge is -2.01. The molecule has 0 aromatic heterocycles. The third-order valence-electron chi connectivity index (χ3n) is 1.99. The summed E-state index contributed by atoms with van der Waals surface area (Å²) < 4.78 is 11.8. The van der Waals surface area contributed by atoms with Crippen molar-refractivity contribution < 1.29 is 4.39 Å². The van der Waals surface area contributed by atoms with Crippen molar-refractivity contribution in [1.82, 2.24) is 0 Å². The van der Waals surface area contributed by atoms with Gasteiger partial charge in [-0.05, 0) is 24.7 Å². The van der Waals surface area contributed by atoms with Gasteiger partial charge in [0.15, 0.2) is 0 Å². The Balaban J connectivity index is 2.28. The van der Waals surface area contributed by atoms with E-state index in [0.29, 0.717) is 0 Å². The summed E-state index contributed by atoms with van der Waals surface area (Å²) in [5, 5.41) is 0. The molecule has 1 aliphatic carbocycles. The highest BCUT2D eigenvalue weighted by Crippen LogP contribution is 2.48. The fourth-order valence-electron chi connectivity index (χ4n) is 0.758. The summed E-state index contributed by atoms with van der Waals surface area (Å²) >= 11 is 0. The molecular formula is C6H11F. The van der Waals surface area contributed by atoms with Gasteiger partial charge in [-0.15, -0.1) is 0 Å². The lowest BCUT2D eigenvalue weighted by molar-refractivity contribution is 0.333. The number of hydrogen-bond acceptors (Lipinski definition) is 0. The standard InChI is InChI=1S/C6H11F/c1-2-6(5-7)3-4-6/h2-5H2,1H3. The zero-order chi connectivity index (χ0) is 5.33. The summed E-state index contributed by atoms with van der Waals surface area (Å²) in [5.41, 5.74) is 0.167. The van der Waals surface area contributed by atoms with E-state index >= 15 is 0 Å². The van der Waals surface area contributed by atoms with Gasteiger partial charge in [-0.3, -0.25) is 4.39 Å². The van der Waals surface area contributed by atoms with Crippen molar-refractivity contribution in [1.29, 1.82) is 0 Å². The molecule has 1 aliphatic rings. The highest BCUT2D eigenvalue weighted by atomic mass is 19.1. The van der Waals surface area contributed by atoms with E-state index in [4.69, 9.17) is 0 Å². The Labute approximate surface area is 43.7 Å². The molecule has 0 N–H and O–H groups in total. The second-order valence-electron chi connectivity index (χ2n) is 2.49. The first-order valence-corrected chi connectivity index (χ1v) is 2.89. The highest BCUT2D eigenvalue weighted by molar-refractivity contribution is 4.90. The van der Waals surface area contributed by atoms with Crippen molar-refractivity contribution in [3.05, 3.63) is 0 Å². The quantitative estimate of drug-likeness (QED) is 0.501. The third-order valence-corrected chi connectivity index (χ3v) is 1.99. The van der Waals surface area contributed by atoms with E-state index in [1.54, 1.807) is 0 Å². The third kappa shape index (κ3) is 0.767. The van der Waals surface area contributed by atoms with Gasteiger partial charge in [-0.2, -0.15) is 0 Å². The van der Waals surface area contributed by atoms with E-state index in [2.05, 4.69) is 6.92 Å². The Morgan fingerprint density at radius 1 is 1.57 bits per heavy atom. The lowest BCUT2D eigenvalue weighted by atomic mass is 10.1. The van der Waals surface area contributed by atoms with E-state index in [0.717, 1.165) is 19.3 Å². The summed E-state index contributed by atoms with van der Waals surface area (Å²) in [4.78, 5) is 0. The molecule has 0 amide bonds. The van der Waals surface area contributed by atoms with Gasteiger partial charge in [-0.25, -0.2) is 0 Å². The monoisotopic (exact) mass is 102 g/mol. The molecule has 0 unspecified atom stereocenters. The maximum atomic E-state index is 11.8. The van der Waals surface area contributed by atoms with Crippen molar-refractivity contribution in [2.24, 2.45) is 5.41 Å². The second-order valence-corrected chi connectivity index (χ2v) is 2.49. The molecule has 1 heteroatoms. The zero-order valence-electron chi connectivity index (χ0n) is 4.71. The SMILES string of the molecule is CCC1(CF)CC1. The number of rotatable bonds is 2. The van der Waals surface area contributed by atoms with Gasteiger partial charge in [0.1, 0.15) is 0 Å². The smallest absolute Gasteiger partial charge is 0.0950 e. The molecule has 7 heavy (non-hydrogen) atoms. The van der Waals surface area contributed by atoms with Crippen LogP contribution in [-0.4, -0.2) is 6.67 Å². The van der Waals surface area contributed by atoms with Crippen LogP contribution in [0.1, 0.15) is 26.2 Å². The lowest BCUT2D eigenvalue weighted by Crippen LogP contribution is -1.98. The molecule has 0 aliphatic heterocycles. The van der Waals surface area contributed by atoms with Gasteiger partial charge < -0.3 is 0 Å². The van der Waals surface area contributed by atoms with Gasteiger partial charge >= 0.3 is 0 Å². The number of halogens is 1. The van der Waals surface area contributed by atoms with Crippen LogP contribution in [0.15, 0.2) is 0 Å². The maximum Gasteiger partial charge on any atom is 0.0950 e. The van der Waals surface area contributed by atoms with Gasteiger partial charge in [0.2, 0.25) is 0 Å². The molecule has 0 atom stereocenters. The summed E-state index contributed by atoms with van der Waals surface area (Å²) in [6.45, 7) is 1.97. The van der Waals surface area contributed by atoms with Gasteiger partial charge in [0, 0.05) is 0 Å². The molecule has 0 saturated heterocycles. The van der Waals surface area contributed by atoms with Crippen LogP contribution in [0.25, 0.3) is 0 Å². The fraction of sp³-hybridized carbons (Fsp3) is 1.00. The van der Waals surface area contributed by atoms with E-state index < -0.39 is 0 Å². The Morgan fingerprint density at radius 2 is 2.14 bits per heavy atom. The van der Waals surface area contributed by atoms with Crippen molar-refractivity contribution in [2.75, 3.05) is 6.67 Å². The topological polar surface area (TPSA) is 0 Å². The fourth-order valence-corrected chi connectivity index (χ4v) is 0.758. The first-order chi connectivity index (χ1) is 3.33. The minimum Gasteiger partial charge on any atom is -0.250 e. The van der Waals surface area contributed by atoms with Crippen molar-refractivity contribution >= 4 is 0 Å². The molecule has 0 heterocycles. The first kappa shape index (κ1) is 5.07. The van der Waals surface area contributed by atoms with E-state index in [9.17, 15) is 4.39 Å². The predicted octanol–water partition coefficient (Wildman–Crippen LogP) is 2.15. The number of alkyl halides is 1. The summed E-state index contributed by atoms with van der Waals surface area (Å²) in [6, 6.07) is 0. The average Bonchev–Trinajstić information content (AvgIpc) is 2.46. The van der Waals surface area contributed by atoms with Crippen molar-refractivity contribution in [2.45, 2.75) is 26.2 Å². The van der Waals surface area contributed by atoms with Crippen LogP contribution in [0.3, 0.4) is 0 Å². The largest absolute Gasteiger partial charge is 0.250 e. The normalized spacial score (nSPS) is 24.9. The minimum atomic E-state index is -0.0938. The van der Waals surface area contributed by atoms with E-state index in [1.807, 2.05) is 0 Å². The molecule has 0 radical (unpaired) electrons. The van der Waals surface area contributed by atoms with Gasteiger partial charge in [-0.1, -0.05) is 6.92 Å². The molecule has 0 aromatic rings. The van der Waals surface area contributed by atoms with E-state index in [-0.39, 0.29) is 12.1 Å².